The van der Waals surface area contributed by atoms with E-state index >= 15 is 8.78 Å². The highest BCUT2D eigenvalue weighted by molar-refractivity contribution is 5.66. The molecule has 0 aromatic heterocycles. The number of rotatable bonds is 6. The molecule has 3 aliphatic rings. The van der Waals surface area contributed by atoms with Crippen LogP contribution in [0.2, 0.25) is 0 Å². The van der Waals surface area contributed by atoms with Crippen LogP contribution in [0.25, 0.3) is 11.1 Å². The Kier molecular flexibility index (Phi) is 8.66. The monoisotopic (exact) mass is 574 g/mol. The minimum atomic E-state index is -3.66. The average molecular weight is 575 g/mol. The topological polar surface area (TPSA) is 27.7 Å². The molecule has 0 N–H and O–H groups in total. The Morgan fingerprint density at radius 2 is 1.15 bits per heavy atom. The van der Waals surface area contributed by atoms with Crippen molar-refractivity contribution in [3.8, 4) is 16.9 Å². The highest BCUT2D eigenvalue weighted by atomic mass is 19.3. The molecule has 2 aliphatic carbocycles. The summed E-state index contributed by atoms with van der Waals surface area (Å²) in [6, 6.07) is 1.93. The van der Waals surface area contributed by atoms with Crippen molar-refractivity contribution >= 4 is 0 Å². The second-order valence-electron chi connectivity index (χ2n) is 11.6. The molecule has 2 aromatic carbocycles. The van der Waals surface area contributed by atoms with E-state index in [-0.39, 0.29) is 19.1 Å². The Hall–Kier alpha value is -2.33. The quantitative estimate of drug-likeness (QED) is 0.255. The smallest absolute Gasteiger partial charge is 0.400 e. The lowest BCUT2D eigenvalue weighted by Crippen LogP contribution is -2.40. The van der Waals surface area contributed by atoms with E-state index in [9.17, 15) is 22.0 Å². The Balaban J connectivity index is 1.16. The lowest BCUT2D eigenvalue weighted by molar-refractivity contribution is -0.229. The first-order valence-electron chi connectivity index (χ1n) is 14.0. The van der Waals surface area contributed by atoms with Crippen LogP contribution in [0.1, 0.15) is 58.3 Å². The van der Waals surface area contributed by atoms with Crippen molar-refractivity contribution in [2.75, 3.05) is 13.2 Å². The third kappa shape index (κ3) is 6.27. The number of benzene rings is 2. The van der Waals surface area contributed by atoms with Gasteiger partial charge in [0.05, 0.1) is 24.7 Å². The van der Waals surface area contributed by atoms with Gasteiger partial charge < -0.3 is 14.2 Å². The van der Waals surface area contributed by atoms with Crippen molar-refractivity contribution < 1.29 is 44.9 Å². The molecule has 1 heterocycles. The largest absolute Gasteiger partial charge is 0.432 e. The van der Waals surface area contributed by atoms with Gasteiger partial charge in [0.25, 0.3) is 0 Å². The van der Waals surface area contributed by atoms with Crippen LogP contribution in [0.5, 0.6) is 5.75 Å². The lowest BCUT2D eigenvalue weighted by atomic mass is 9.69. The van der Waals surface area contributed by atoms with E-state index < -0.39 is 58.0 Å². The fraction of sp³-hybridized carbons (Fsp3) is 0.600. The van der Waals surface area contributed by atoms with Gasteiger partial charge in [-0.25, -0.2) is 22.0 Å². The molecule has 0 amide bonds. The van der Waals surface area contributed by atoms with Crippen LogP contribution in [-0.2, 0) is 9.47 Å². The molecule has 0 radical (unpaired) electrons. The lowest BCUT2D eigenvalue weighted by Gasteiger charge is -2.41. The van der Waals surface area contributed by atoms with Gasteiger partial charge in [-0.05, 0) is 80.9 Å². The fourth-order valence-electron chi connectivity index (χ4n) is 6.53. The van der Waals surface area contributed by atoms with E-state index in [0.29, 0.717) is 74.0 Å². The van der Waals surface area contributed by atoms with Gasteiger partial charge in [-0.2, -0.15) is 8.78 Å². The Morgan fingerprint density at radius 3 is 1.68 bits per heavy atom. The van der Waals surface area contributed by atoms with Crippen LogP contribution in [0.4, 0.5) is 30.7 Å². The molecule has 0 atom stereocenters. The van der Waals surface area contributed by atoms with Crippen molar-refractivity contribution in [3.63, 3.8) is 0 Å². The third-order valence-electron chi connectivity index (χ3n) is 8.75. The molecule has 1 aliphatic heterocycles. The van der Waals surface area contributed by atoms with Crippen LogP contribution in [0.3, 0.4) is 0 Å². The van der Waals surface area contributed by atoms with E-state index in [1.54, 1.807) is 0 Å². The zero-order valence-electron chi connectivity index (χ0n) is 22.2. The zero-order chi connectivity index (χ0) is 28.6. The SMILES string of the molecule is CC1COC(C2CCC(C3CCC(C(F)(F)Oc4cc(F)c(-c5cc(F)c(F)c(F)c5)c(F)c4)CC3)CC2)OC1. The summed E-state index contributed by atoms with van der Waals surface area (Å²) in [5.41, 5.74) is -1.48. The summed E-state index contributed by atoms with van der Waals surface area (Å²) in [5.74, 6) is -8.07. The normalized spacial score (nSPS) is 29.8. The van der Waals surface area contributed by atoms with Crippen molar-refractivity contribution in [1.29, 1.82) is 0 Å². The molecule has 2 saturated carbocycles. The highest BCUT2D eigenvalue weighted by Crippen LogP contribution is 2.46. The van der Waals surface area contributed by atoms with Crippen molar-refractivity contribution in [2.45, 2.75) is 70.7 Å². The predicted molar refractivity (Wildman–Crippen MR) is 133 cm³/mol. The van der Waals surface area contributed by atoms with Gasteiger partial charge >= 0.3 is 6.11 Å². The predicted octanol–water partition coefficient (Wildman–Crippen LogP) is 8.64. The molecule has 220 valence electrons. The minimum absolute atomic E-state index is 0.148. The molecule has 1 saturated heterocycles. The maximum Gasteiger partial charge on any atom is 0.400 e. The first-order chi connectivity index (χ1) is 19.0. The molecule has 3 fully saturated rings. The molecule has 0 unspecified atom stereocenters. The van der Waals surface area contributed by atoms with Crippen molar-refractivity contribution in [3.05, 3.63) is 53.4 Å². The third-order valence-corrected chi connectivity index (χ3v) is 8.75. The highest BCUT2D eigenvalue weighted by Gasteiger charge is 2.45. The standard InChI is InChI=1S/C30H33F7O3/c1-16-14-38-29(39-15-16)19-4-2-17(3-5-19)18-6-8-21(9-7-18)30(36,37)40-22-12-23(31)27(24(32)13-22)20-10-25(33)28(35)26(34)11-20/h10-13,16-19,21,29H,2-9,14-15H2,1H3. The van der Waals surface area contributed by atoms with Gasteiger partial charge in [-0.3, -0.25) is 0 Å². The van der Waals surface area contributed by atoms with Crippen LogP contribution < -0.4 is 4.74 Å². The van der Waals surface area contributed by atoms with Crippen LogP contribution in [-0.4, -0.2) is 25.6 Å². The number of ether oxygens (including phenoxy) is 3. The van der Waals surface area contributed by atoms with E-state index in [1.165, 1.54) is 0 Å². The molecular formula is C30H33F7O3. The summed E-state index contributed by atoms with van der Waals surface area (Å²) in [6.45, 7) is 3.51. The van der Waals surface area contributed by atoms with Crippen molar-refractivity contribution in [2.24, 2.45) is 29.6 Å². The Morgan fingerprint density at radius 1 is 0.675 bits per heavy atom. The number of halogens is 7. The maximum atomic E-state index is 15.1. The van der Waals surface area contributed by atoms with E-state index in [2.05, 4.69) is 6.92 Å². The van der Waals surface area contributed by atoms with Gasteiger partial charge in [-0.1, -0.05) is 6.92 Å². The summed E-state index contributed by atoms with van der Waals surface area (Å²) in [4.78, 5) is 0. The second-order valence-corrected chi connectivity index (χ2v) is 11.6. The van der Waals surface area contributed by atoms with Crippen LogP contribution in [0, 0.1) is 58.7 Å². The molecule has 5 rings (SSSR count). The molecule has 0 spiro atoms. The van der Waals surface area contributed by atoms with E-state index in [4.69, 9.17) is 14.2 Å². The molecule has 10 heteroatoms. The Labute approximate surface area is 229 Å². The first-order valence-corrected chi connectivity index (χ1v) is 14.0. The summed E-state index contributed by atoms with van der Waals surface area (Å²) in [7, 11) is 0. The fourth-order valence-corrected chi connectivity index (χ4v) is 6.53. The molecule has 3 nitrogen and oxygen atoms in total. The number of hydrogen-bond acceptors (Lipinski definition) is 3. The number of alkyl halides is 2. The first kappa shape index (κ1) is 29.2. The second kappa shape index (κ2) is 11.9. The molecule has 0 bridgehead atoms. The van der Waals surface area contributed by atoms with Crippen LogP contribution in [0.15, 0.2) is 24.3 Å². The van der Waals surface area contributed by atoms with E-state index in [0.717, 1.165) is 25.7 Å². The van der Waals surface area contributed by atoms with Crippen LogP contribution >= 0.6 is 0 Å². The van der Waals surface area contributed by atoms with Gasteiger partial charge in [0.1, 0.15) is 17.4 Å². The molecule has 2 aromatic rings. The van der Waals surface area contributed by atoms with Gasteiger partial charge in [-0.15, -0.1) is 0 Å². The van der Waals surface area contributed by atoms with E-state index in [1.807, 2.05) is 0 Å². The minimum Gasteiger partial charge on any atom is -0.432 e. The van der Waals surface area contributed by atoms with Crippen molar-refractivity contribution in [1.82, 2.24) is 0 Å². The summed E-state index contributed by atoms with van der Waals surface area (Å²) < 4.78 is 116. The summed E-state index contributed by atoms with van der Waals surface area (Å²) in [5, 5.41) is 0. The summed E-state index contributed by atoms with van der Waals surface area (Å²) >= 11 is 0. The maximum absolute atomic E-state index is 15.1. The molecule has 40 heavy (non-hydrogen) atoms. The Bertz CT molecular complexity index is 1140. The zero-order valence-corrected chi connectivity index (χ0v) is 22.2. The van der Waals surface area contributed by atoms with Gasteiger partial charge in [0.15, 0.2) is 23.7 Å². The average Bonchev–Trinajstić information content (AvgIpc) is 2.92. The molecular weight excluding hydrogens is 541 g/mol. The summed E-state index contributed by atoms with van der Waals surface area (Å²) in [6.07, 6.45) is 1.89. The van der Waals surface area contributed by atoms with Gasteiger partial charge in [0, 0.05) is 24.0 Å². The van der Waals surface area contributed by atoms with Gasteiger partial charge in [0.2, 0.25) is 0 Å². The number of hydrogen-bond donors (Lipinski definition) is 0.